The summed E-state index contributed by atoms with van der Waals surface area (Å²) in [5, 5.41) is 0. The zero-order valence-corrected chi connectivity index (χ0v) is 19.4. The molecule has 1 heterocycles. The Balaban J connectivity index is 2.06. The number of fused-ring (bicyclic) bond motifs is 1. The molecule has 0 bridgehead atoms. The minimum Gasteiger partial charge on any atom is -0.494 e. The third-order valence-electron chi connectivity index (χ3n) is 4.75. The number of hydrogen-bond acceptors (Lipinski definition) is 7. The lowest BCUT2D eigenvalue weighted by atomic mass is 10.2. The highest BCUT2D eigenvalue weighted by Crippen LogP contribution is 2.33. The van der Waals surface area contributed by atoms with Crippen molar-refractivity contribution >= 4 is 33.4 Å². The van der Waals surface area contributed by atoms with E-state index in [0.29, 0.717) is 39.7 Å². The average Bonchev–Trinajstić information content (AvgIpc) is 3.13. The largest absolute Gasteiger partial charge is 0.494 e. The molecule has 0 spiro atoms. The number of unbranched alkanes of at least 4 members (excludes halogenated alkanes) is 1. The van der Waals surface area contributed by atoms with E-state index < -0.39 is 11.9 Å². The van der Waals surface area contributed by atoms with Gasteiger partial charge in [-0.15, -0.1) is 0 Å². The fourth-order valence-electron chi connectivity index (χ4n) is 3.03. The SMILES string of the molecule is CCCCOc1cccc(C(=O)N=c2sc3cc(OC)c(OC)cc3n2CC(=O)OC)c1. The first kappa shape index (κ1) is 23.3. The van der Waals surface area contributed by atoms with E-state index in [2.05, 4.69) is 11.9 Å². The van der Waals surface area contributed by atoms with E-state index in [1.807, 2.05) is 6.07 Å². The monoisotopic (exact) mass is 458 g/mol. The summed E-state index contributed by atoms with van der Waals surface area (Å²) in [6, 6.07) is 10.5. The Bertz CT molecular complexity index is 1180. The number of esters is 1. The minimum atomic E-state index is -0.459. The second-order valence-corrected chi connectivity index (χ2v) is 7.88. The van der Waals surface area contributed by atoms with E-state index in [1.54, 1.807) is 42.0 Å². The van der Waals surface area contributed by atoms with Gasteiger partial charge in [-0.2, -0.15) is 4.99 Å². The van der Waals surface area contributed by atoms with E-state index in [9.17, 15) is 9.59 Å². The van der Waals surface area contributed by atoms with Crippen LogP contribution in [0.1, 0.15) is 30.1 Å². The van der Waals surface area contributed by atoms with Gasteiger partial charge in [0.25, 0.3) is 5.91 Å². The summed E-state index contributed by atoms with van der Waals surface area (Å²) in [4.78, 5) is 29.6. The summed E-state index contributed by atoms with van der Waals surface area (Å²) in [5.74, 6) is 0.773. The standard InChI is InChI=1S/C23H26N2O6S/c1-5-6-10-31-16-9-7-8-15(11-16)22(27)24-23-25(14-21(26)30-4)17-12-18(28-2)19(29-3)13-20(17)32-23/h7-9,11-13H,5-6,10,14H2,1-4H3. The van der Waals surface area contributed by atoms with Crippen LogP contribution < -0.4 is 19.0 Å². The zero-order valence-electron chi connectivity index (χ0n) is 18.5. The lowest BCUT2D eigenvalue weighted by Crippen LogP contribution is -2.22. The molecule has 0 N–H and O–H groups in total. The van der Waals surface area contributed by atoms with Crippen LogP contribution in [0.25, 0.3) is 10.2 Å². The van der Waals surface area contributed by atoms with Gasteiger partial charge in [-0.25, -0.2) is 0 Å². The predicted octanol–water partition coefficient (Wildman–Crippen LogP) is 3.81. The molecule has 3 aromatic rings. The van der Waals surface area contributed by atoms with Crippen molar-refractivity contribution in [2.24, 2.45) is 4.99 Å². The number of ether oxygens (including phenoxy) is 4. The molecule has 1 amide bonds. The molecule has 0 fully saturated rings. The number of rotatable bonds is 9. The van der Waals surface area contributed by atoms with Crippen molar-refractivity contribution in [2.75, 3.05) is 27.9 Å². The molecule has 0 radical (unpaired) electrons. The Labute approximate surface area is 190 Å². The first-order valence-electron chi connectivity index (χ1n) is 10.1. The second-order valence-electron chi connectivity index (χ2n) is 6.87. The normalized spacial score (nSPS) is 11.4. The molecule has 0 aliphatic rings. The van der Waals surface area contributed by atoms with Crippen LogP contribution in [0, 0.1) is 0 Å². The zero-order chi connectivity index (χ0) is 23.1. The molecule has 0 saturated heterocycles. The van der Waals surface area contributed by atoms with E-state index >= 15 is 0 Å². The van der Waals surface area contributed by atoms with Gasteiger partial charge in [0, 0.05) is 17.7 Å². The van der Waals surface area contributed by atoms with Gasteiger partial charge in [-0.3, -0.25) is 9.59 Å². The van der Waals surface area contributed by atoms with Gasteiger partial charge in [0.2, 0.25) is 0 Å². The number of carbonyl (C=O) groups excluding carboxylic acids is 2. The van der Waals surface area contributed by atoms with Gasteiger partial charge in [0.15, 0.2) is 16.3 Å². The lowest BCUT2D eigenvalue weighted by molar-refractivity contribution is -0.141. The summed E-state index contributed by atoms with van der Waals surface area (Å²) >= 11 is 1.27. The van der Waals surface area contributed by atoms with Crippen molar-refractivity contribution in [3.05, 3.63) is 46.8 Å². The lowest BCUT2D eigenvalue weighted by Gasteiger charge is -2.09. The molecule has 0 aliphatic carbocycles. The molecule has 9 heteroatoms. The smallest absolute Gasteiger partial charge is 0.325 e. The second kappa shape index (κ2) is 10.8. The minimum absolute atomic E-state index is 0.0989. The fourth-order valence-corrected chi connectivity index (χ4v) is 4.07. The van der Waals surface area contributed by atoms with E-state index in [-0.39, 0.29) is 6.54 Å². The predicted molar refractivity (Wildman–Crippen MR) is 122 cm³/mol. The highest BCUT2D eigenvalue weighted by Gasteiger charge is 2.16. The Morgan fingerprint density at radius 1 is 1.06 bits per heavy atom. The molecule has 0 aliphatic heterocycles. The maximum Gasteiger partial charge on any atom is 0.325 e. The molecule has 170 valence electrons. The molecule has 32 heavy (non-hydrogen) atoms. The summed E-state index contributed by atoms with van der Waals surface area (Å²) in [6.45, 7) is 2.57. The third kappa shape index (κ3) is 5.28. The van der Waals surface area contributed by atoms with E-state index in [4.69, 9.17) is 18.9 Å². The van der Waals surface area contributed by atoms with Crippen molar-refractivity contribution in [3.8, 4) is 17.2 Å². The molecule has 3 rings (SSSR count). The highest BCUT2D eigenvalue weighted by atomic mass is 32.1. The number of amides is 1. The van der Waals surface area contributed by atoms with Gasteiger partial charge >= 0.3 is 5.97 Å². The summed E-state index contributed by atoms with van der Waals surface area (Å²) in [6.07, 6.45) is 1.96. The topological polar surface area (TPSA) is 88.4 Å². The fraction of sp³-hybridized carbons (Fsp3) is 0.348. The van der Waals surface area contributed by atoms with E-state index in [0.717, 1.165) is 17.5 Å². The van der Waals surface area contributed by atoms with Crippen LogP contribution in [0.5, 0.6) is 17.2 Å². The number of nitrogens with zero attached hydrogens (tertiary/aromatic N) is 2. The maximum absolute atomic E-state index is 12.9. The van der Waals surface area contributed by atoms with Gasteiger partial charge in [-0.05, 0) is 24.6 Å². The number of methoxy groups -OCH3 is 3. The molecule has 0 atom stereocenters. The third-order valence-corrected chi connectivity index (χ3v) is 5.79. The van der Waals surface area contributed by atoms with Crippen molar-refractivity contribution in [2.45, 2.75) is 26.3 Å². The van der Waals surface area contributed by atoms with Crippen LogP contribution in [-0.2, 0) is 16.1 Å². The average molecular weight is 459 g/mol. The summed E-state index contributed by atoms with van der Waals surface area (Å²) in [5.41, 5.74) is 1.08. The number of aromatic nitrogens is 1. The van der Waals surface area contributed by atoms with Crippen LogP contribution in [-0.4, -0.2) is 44.4 Å². The first-order valence-corrected chi connectivity index (χ1v) is 11.0. The Hall–Kier alpha value is -3.33. The first-order chi connectivity index (χ1) is 15.5. The van der Waals surface area contributed by atoms with Crippen LogP contribution in [0.2, 0.25) is 0 Å². The van der Waals surface area contributed by atoms with Crippen molar-refractivity contribution in [1.82, 2.24) is 4.57 Å². The van der Waals surface area contributed by atoms with Crippen molar-refractivity contribution < 1.29 is 28.5 Å². The molecule has 1 aromatic heterocycles. The number of carbonyl (C=O) groups is 2. The van der Waals surface area contributed by atoms with Gasteiger partial charge in [0.1, 0.15) is 12.3 Å². The van der Waals surface area contributed by atoms with Gasteiger partial charge < -0.3 is 23.5 Å². The number of thiazole rings is 1. The van der Waals surface area contributed by atoms with Crippen LogP contribution >= 0.6 is 11.3 Å². The Kier molecular flexibility index (Phi) is 7.88. The molecule has 2 aromatic carbocycles. The highest BCUT2D eigenvalue weighted by molar-refractivity contribution is 7.16. The van der Waals surface area contributed by atoms with Crippen LogP contribution in [0.3, 0.4) is 0 Å². The van der Waals surface area contributed by atoms with Gasteiger partial charge in [0.05, 0.1) is 38.2 Å². The summed E-state index contributed by atoms with van der Waals surface area (Å²) < 4.78 is 23.7. The van der Waals surface area contributed by atoms with E-state index in [1.165, 1.54) is 25.6 Å². The quantitative estimate of drug-likeness (QED) is 0.358. The van der Waals surface area contributed by atoms with Crippen LogP contribution in [0.15, 0.2) is 41.4 Å². The number of benzene rings is 2. The molecular weight excluding hydrogens is 432 g/mol. The molecular formula is C23H26N2O6S. The number of hydrogen-bond donors (Lipinski definition) is 0. The van der Waals surface area contributed by atoms with Gasteiger partial charge in [-0.1, -0.05) is 30.7 Å². The Morgan fingerprint density at radius 2 is 1.81 bits per heavy atom. The molecule has 0 saturated carbocycles. The molecule has 0 unspecified atom stereocenters. The van der Waals surface area contributed by atoms with Crippen LogP contribution in [0.4, 0.5) is 0 Å². The van der Waals surface area contributed by atoms with Crippen molar-refractivity contribution in [1.29, 1.82) is 0 Å². The Morgan fingerprint density at radius 3 is 2.50 bits per heavy atom. The molecule has 8 nitrogen and oxygen atoms in total. The maximum atomic E-state index is 12.9. The summed E-state index contributed by atoms with van der Waals surface area (Å²) in [7, 11) is 4.39. The van der Waals surface area contributed by atoms with Crippen molar-refractivity contribution in [3.63, 3.8) is 0 Å².